The van der Waals surface area contributed by atoms with Gasteiger partial charge in [0.1, 0.15) is 0 Å². The molecule has 78 valence electrons. The van der Waals surface area contributed by atoms with Gasteiger partial charge in [-0.2, -0.15) is 0 Å². The standard InChI is InChI=1S/C11H16BrNS/c1-2-13-10(5-8-3-4-8)9-6-11(12)14-7-9/h6-8,10,13H,2-5H2,1H3. The van der Waals surface area contributed by atoms with Gasteiger partial charge in [0.2, 0.25) is 0 Å². The summed E-state index contributed by atoms with van der Waals surface area (Å²) in [6.07, 6.45) is 4.19. The summed E-state index contributed by atoms with van der Waals surface area (Å²) in [7, 11) is 0. The number of halogens is 1. The van der Waals surface area contributed by atoms with Crippen molar-refractivity contribution in [1.29, 1.82) is 0 Å². The molecule has 0 aliphatic heterocycles. The van der Waals surface area contributed by atoms with Gasteiger partial charge in [-0.1, -0.05) is 19.8 Å². The molecule has 1 heterocycles. The molecule has 1 aliphatic carbocycles. The summed E-state index contributed by atoms with van der Waals surface area (Å²) in [5.74, 6) is 0.984. The Morgan fingerprint density at radius 1 is 1.64 bits per heavy atom. The molecule has 3 heteroatoms. The smallest absolute Gasteiger partial charge is 0.0701 e. The summed E-state index contributed by atoms with van der Waals surface area (Å²) >= 11 is 5.31. The van der Waals surface area contributed by atoms with Crippen LogP contribution in [-0.4, -0.2) is 6.54 Å². The van der Waals surface area contributed by atoms with Crippen LogP contribution < -0.4 is 5.32 Å². The molecule has 0 saturated heterocycles. The van der Waals surface area contributed by atoms with E-state index in [1.807, 2.05) is 0 Å². The molecule has 1 unspecified atom stereocenters. The van der Waals surface area contributed by atoms with Crippen LogP contribution in [-0.2, 0) is 0 Å². The second-order valence-corrected chi connectivity index (χ2v) is 6.26. The summed E-state index contributed by atoms with van der Waals surface area (Å²) in [5.41, 5.74) is 1.45. The normalized spacial score (nSPS) is 18.4. The summed E-state index contributed by atoms with van der Waals surface area (Å²) in [6.45, 7) is 3.24. The van der Waals surface area contributed by atoms with Crippen molar-refractivity contribution in [2.45, 2.75) is 32.2 Å². The van der Waals surface area contributed by atoms with E-state index in [9.17, 15) is 0 Å². The third kappa shape index (κ3) is 2.81. The van der Waals surface area contributed by atoms with Crippen molar-refractivity contribution in [2.24, 2.45) is 5.92 Å². The molecule has 0 bridgehead atoms. The zero-order chi connectivity index (χ0) is 9.97. The van der Waals surface area contributed by atoms with Crippen molar-refractivity contribution in [2.75, 3.05) is 6.54 Å². The number of hydrogen-bond acceptors (Lipinski definition) is 2. The molecule has 1 aromatic rings. The van der Waals surface area contributed by atoms with Crippen LogP contribution in [0, 0.1) is 5.92 Å². The van der Waals surface area contributed by atoms with Crippen LogP contribution in [0.15, 0.2) is 15.2 Å². The molecule has 1 atom stereocenters. The Hall–Kier alpha value is 0.140. The molecule has 1 N–H and O–H groups in total. The Balaban J connectivity index is 2.00. The minimum atomic E-state index is 0.579. The van der Waals surface area contributed by atoms with E-state index in [1.165, 1.54) is 28.6 Å². The number of thiophene rings is 1. The van der Waals surface area contributed by atoms with E-state index >= 15 is 0 Å². The summed E-state index contributed by atoms with van der Waals surface area (Å²) in [6, 6.07) is 2.83. The van der Waals surface area contributed by atoms with E-state index in [-0.39, 0.29) is 0 Å². The van der Waals surface area contributed by atoms with Gasteiger partial charge in [-0.05, 0) is 51.8 Å². The third-order valence-electron chi connectivity index (χ3n) is 2.71. The number of rotatable bonds is 5. The highest BCUT2D eigenvalue weighted by Gasteiger charge is 2.26. The van der Waals surface area contributed by atoms with Crippen LogP contribution in [0.25, 0.3) is 0 Å². The Kier molecular flexibility index (Phi) is 3.63. The molecule has 1 fully saturated rings. The van der Waals surface area contributed by atoms with Gasteiger partial charge in [-0.25, -0.2) is 0 Å². The van der Waals surface area contributed by atoms with Gasteiger partial charge in [0, 0.05) is 6.04 Å². The van der Waals surface area contributed by atoms with E-state index in [4.69, 9.17) is 0 Å². The van der Waals surface area contributed by atoms with Crippen LogP contribution in [0.5, 0.6) is 0 Å². The summed E-state index contributed by atoms with van der Waals surface area (Å²) in [4.78, 5) is 0. The lowest BCUT2D eigenvalue weighted by Crippen LogP contribution is -2.20. The third-order valence-corrected chi connectivity index (χ3v) is 4.23. The second kappa shape index (κ2) is 4.77. The van der Waals surface area contributed by atoms with Gasteiger partial charge in [0.15, 0.2) is 0 Å². The van der Waals surface area contributed by atoms with Crippen LogP contribution in [0.4, 0.5) is 0 Å². The molecular formula is C11H16BrNS. The quantitative estimate of drug-likeness (QED) is 0.857. The van der Waals surface area contributed by atoms with E-state index < -0.39 is 0 Å². The van der Waals surface area contributed by atoms with Crippen molar-refractivity contribution in [3.63, 3.8) is 0 Å². The lowest BCUT2D eigenvalue weighted by Gasteiger charge is -2.16. The van der Waals surface area contributed by atoms with Gasteiger partial charge in [-0.15, -0.1) is 11.3 Å². The Labute approximate surface area is 98.0 Å². The van der Waals surface area contributed by atoms with Crippen LogP contribution in [0.1, 0.15) is 37.8 Å². The zero-order valence-electron chi connectivity index (χ0n) is 8.42. The molecule has 0 amide bonds. The topological polar surface area (TPSA) is 12.0 Å². The molecule has 1 aliphatic rings. The average Bonchev–Trinajstić information content (AvgIpc) is 2.87. The first-order valence-electron chi connectivity index (χ1n) is 5.27. The highest BCUT2D eigenvalue weighted by Crippen LogP contribution is 2.38. The maximum absolute atomic E-state index is 3.57. The molecule has 0 spiro atoms. The number of hydrogen-bond donors (Lipinski definition) is 1. The minimum absolute atomic E-state index is 0.579. The van der Waals surface area contributed by atoms with Crippen molar-refractivity contribution >= 4 is 27.3 Å². The maximum atomic E-state index is 3.57. The first kappa shape index (κ1) is 10.7. The van der Waals surface area contributed by atoms with Crippen molar-refractivity contribution in [3.8, 4) is 0 Å². The van der Waals surface area contributed by atoms with E-state index in [0.717, 1.165) is 12.5 Å². The van der Waals surface area contributed by atoms with Crippen LogP contribution in [0.3, 0.4) is 0 Å². The van der Waals surface area contributed by atoms with E-state index in [0.29, 0.717) is 6.04 Å². The average molecular weight is 274 g/mol. The monoisotopic (exact) mass is 273 g/mol. The van der Waals surface area contributed by atoms with Crippen molar-refractivity contribution in [3.05, 3.63) is 20.8 Å². The molecular weight excluding hydrogens is 258 g/mol. The molecule has 0 aromatic carbocycles. The Bertz CT molecular complexity index is 293. The van der Waals surface area contributed by atoms with E-state index in [1.54, 1.807) is 11.3 Å². The first-order valence-corrected chi connectivity index (χ1v) is 6.94. The molecule has 2 rings (SSSR count). The predicted molar refractivity (Wildman–Crippen MR) is 65.8 cm³/mol. The SMILES string of the molecule is CCNC(CC1CC1)c1csc(Br)c1. The Morgan fingerprint density at radius 2 is 2.43 bits per heavy atom. The number of nitrogens with one attached hydrogen (secondary N) is 1. The molecule has 1 saturated carbocycles. The zero-order valence-corrected chi connectivity index (χ0v) is 10.8. The fraction of sp³-hybridized carbons (Fsp3) is 0.636. The van der Waals surface area contributed by atoms with E-state index in [2.05, 4.69) is 39.6 Å². The minimum Gasteiger partial charge on any atom is -0.310 e. The van der Waals surface area contributed by atoms with Gasteiger partial charge >= 0.3 is 0 Å². The van der Waals surface area contributed by atoms with Crippen LogP contribution >= 0.6 is 27.3 Å². The van der Waals surface area contributed by atoms with Gasteiger partial charge in [-0.3, -0.25) is 0 Å². The summed E-state index contributed by atoms with van der Waals surface area (Å²) in [5, 5.41) is 5.83. The largest absolute Gasteiger partial charge is 0.310 e. The maximum Gasteiger partial charge on any atom is 0.0701 e. The van der Waals surface area contributed by atoms with Crippen molar-refractivity contribution in [1.82, 2.24) is 5.32 Å². The predicted octanol–water partition coefficient (Wildman–Crippen LogP) is 3.96. The fourth-order valence-electron chi connectivity index (χ4n) is 1.78. The fourth-order valence-corrected chi connectivity index (χ4v) is 3.01. The van der Waals surface area contributed by atoms with Gasteiger partial charge in [0.05, 0.1) is 3.79 Å². The van der Waals surface area contributed by atoms with Gasteiger partial charge < -0.3 is 5.32 Å². The van der Waals surface area contributed by atoms with Crippen molar-refractivity contribution < 1.29 is 0 Å². The second-order valence-electron chi connectivity index (χ2n) is 3.97. The molecule has 0 radical (unpaired) electrons. The lowest BCUT2D eigenvalue weighted by atomic mass is 10.0. The van der Waals surface area contributed by atoms with Crippen LogP contribution in [0.2, 0.25) is 0 Å². The molecule has 1 nitrogen and oxygen atoms in total. The highest BCUT2D eigenvalue weighted by atomic mass is 79.9. The van der Waals surface area contributed by atoms with Gasteiger partial charge in [0.25, 0.3) is 0 Å². The molecule has 14 heavy (non-hydrogen) atoms. The summed E-state index contributed by atoms with van der Waals surface area (Å²) < 4.78 is 1.24. The first-order chi connectivity index (χ1) is 6.79. The molecule has 1 aromatic heterocycles. The lowest BCUT2D eigenvalue weighted by molar-refractivity contribution is 0.488. The highest BCUT2D eigenvalue weighted by molar-refractivity contribution is 9.11. The Morgan fingerprint density at radius 3 is 2.93 bits per heavy atom.